The third kappa shape index (κ3) is 4.21. The van der Waals surface area contributed by atoms with Crippen molar-refractivity contribution in [2.75, 3.05) is 26.5 Å². The summed E-state index contributed by atoms with van der Waals surface area (Å²) in [6.07, 6.45) is 1.55. The molecule has 0 aliphatic rings. The van der Waals surface area contributed by atoms with Gasteiger partial charge in [0.2, 0.25) is 0 Å². The minimum Gasteiger partial charge on any atom is -0.496 e. The van der Waals surface area contributed by atoms with E-state index < -0.39 is 11.6 Å². The Bertz CT molecular complexity index is 1350. The van der Waals surface area contributed by atoms with Crippen LogP contribution in [0.4, 0.5) is 14.6 Å². The molecule has 2 heterocycles. The largest absolute Gasteiger partial charge is 0.496 e. The summed E-state index contributed by atoms with van der Waals surface area (Å²) in [5.41, 5.74) is 4.09. The Morgan fingerprint density at radius 2 is 1.88 bits per heavy atom. The lowest BCUT2D eigenvalue weighted by Gasteiger charge is -2.15. The lowest BCUT2D eigenvalue weighted by atomic mass is 9.98. The van der Waals surface area contributed by atoms with Crippen molar-refractivity contribution in [3.8, 4) is 16.9 Å². The Morgan fingerprint density at radius 1 is 1.12 bits per heavy atom. The average molecular weight is 451 g/mol. The Labute approximate surface area is 189 Å². The zero-order valence-corrected chi connectivity index (χ0v) is 18.7. The van der Waals surface area contributed by atoms with Crippen LogP contribution in [-0.4, -0.2) is 46.6 Å². The number of pyridine rings is 1. The number of anilines is 1. The van der Waals surface area contributed by atoms with E-state index in [2.05, 4.69) is 15.5 Å². The number of rotatable bonds is 6. The van der Waals surface area contributed by atoms with Crippen molar-refractivity contribution in [3.05, 3.63) is 77.1 Å². The number of carbonyl (C=O) groups excluding carboxylic acids is 1. The highest BCUT2D eigenvalue weighted by Crippen LogP contribution is 2.30. The quantitative estimate of drug-likeness (QED) is 0.473. The number of hydrogen-bond acceptors (Lipinski definition) is 5. The summed E-state index contributed by atoms with van der Waals surface area (Å²) in [5, 5.41) is 11.4. The molecule has 0 fully saturated rings. The van der Waals surface area contributed by atoms with E-state index in [4.69, 9.17) is 4.74 Å². The third-order valence-electron chi connectivity index (χ3n) is 5.41. The molecule has 0 aliphatic carbocycles. The van der Waals surface area contributed by atoms with Gasteiger partial charge in [0.05, 0.1) is 7.11 Å². The van der Waals surface area contributed by atoms with Crippen molar-refractivity contribution in [2.45, 2.75) is 13.5 Å². The summed E-state index contributed by atoms with van der Waals surface area (Å²) in [6, 6.07) is 11.2. The van der Waals surface area contributed by atoms with Crippen LogP contribution in [0.15, 0.2) is 48.8 Å². The van der Waals surface area contributed by atoms with Crippen LogP contribution in [0.5, 0.6) is 5.75 Å². The smallest absolute Gasteiger partial charge is 0.253 e. The van der Waals surface area contributed by atoms with E-state index in [0.717, 1.165) is 28.8 Å². The lowest BCUT2D eigenvalue weighted by molar-refractivity contribution is 0.0827. The molecule has 0 saturated carbocycles. The van der Waals surface area contributed by atoms with Crippen LogP contribution in [0.3, 0.4) is 0 Å². The molecule has 4 rings (SSSR count). The van der Waals surface area contributed by atoms with Crippen LogP contribution >= 0.6 is 0 Å². The highest BCUT2D eigenvalue weighted by molar-refractivity contribution is 5.95. The van der Waals surface area contributed by atoms with E-state index in [1.807, 2.05) is 31.2 Å². The van der Waals surface area contributed by atoms with Crippen molar-refractivity contribution in [3.63, 3.8) is 0 Å². The number of benzene rings is 2. The molecule has 170 valence electrons. The fraction of sp³-hybridized carbons (Fsp3) is 0.208. The maximum Gasteiger partial charge on any atom is 0.253 e. The van der Waals surface area contributed by atoms with E-state index in [0.29, 0.717) is 17.0 Å². The first kappa shape index (κ1) is 22.2. The number of ether oxygens (including phenoxy) is 1. The number of nitrogens with one attached hydrogen (secondary N) is 1. The third-order valence-corrected chi connectivity index (χ3v) is 5.41. The monoisotopic (exact) mass is 451 g/mol. The van der Waals surface area contributed by atoms with E-state index >= 15 is 0 Å². The predicted molar refractivity (Wildman–Crippen MR) is 121 cm³/mol. The zero-order valence-electron chi connectivity index (χ0n) is 18.7. The van der Waals surface area contributed by atoms with E-state index in [1.54, 1.807) is 30.9 Å². The minimum atomic E-state index is -0.702. The van der Waals surface area contributed by atoms with E-state index in [9.17, 15) is 13.6 Å². The summed E-state index contributed by atoms with van der Waals surface area (Å²) in [6.45, 7) is 2.01. The standard InChI is InChI=1S/C24H23F2N5O2/c1-14-9-15(24(32)30(2)3)5-6-17(14)18-7-8-22(31-13-28-29-23(18)31)27-12-19-20(26)10-16(25)11-21(19)33-4/h5-11,13,27H,12H2,1-4H3. The minimum absolute atomic E-state index is 0.0692. The summed E-state index contributed by atoms with van der Waals surface area (Å²) >= 11 is 0. The second-order valence-corrected chi connectivity index (χ2v) is 7.81. The maximum absolute atomic E-state index is 14.3. The van der Waals surface area contributed by atoms with E-state index in [1.165, 1.54) is 12.0 Å². The Morgan fingerprint density at radius 3 is 2.58 bits per heavy atom. The molecule has 33 heavy (non-hydrogen) atoms. The molecule has 0 saturated heterocycles. The number of carbonyl (C=O) groups is 1. The Balaban J connectivity index is 1.67. The normalized spacial score (nSPS) is 11.0. The molecule has 0 spiro atoms. The second-order valence-electron chi connectivity index (χ2n) is 7.81. The van der Waals surface area contributed by atoms with Crippen molar-refractivity contribution in [2.24, 2.45) is 0 Å². The van der Waals surface area contributed by atoms with Gasteiger partial charge in [0.25, 0.3) is 5.91 Å². The van der Waals surface area contributed by atoms with Gasteiger partial charge in [-0.15, -0.1) is 10.2 Å². The van der Waals surface area contributed by atoms with Crippen LogP contribution in [-0.2, 0) is 6.54 Å². The van der Waals surface area contributed by atoms with Crippen molar-refractivity contribution >= 4 is 17.4 Å². The second kappa shape index (κ2) is 8.85. The molecule has 0 aliphatic heterocycles. The summed E-state index contributed by atoms with van der Waals surface area (Å²) in [7, 11) is 4.79. The Kier molecular flexibility index (Phi) is 5.95. The number of nitrogens with zero attached hydrogens (tertiary/aromatic N) is 4. The average Bonchev–Trinajstić information content (AvgIpc) is 3.28. The van der Waals surface area contributed by atoms with Crippen LogP contribution < -0.4 is 10.1 Å². The Hall–Kier alpha value is -4.01. The van der Waals surface area contributed by atoms with Gasteiger partial charge in [0, 0.05) is 49.5 Å². The molecule has 0 bridgehead atoms. The van der Waals surface area contributed by atoms with Crippen molar-refractivity contribution in [1.29, 1.82) is 0 Å². The first-order chi connectivity index (χ1) is 15.8. The zero-order chi connectivity index (χ0) is 23.7. The number of fused-ring (bicyclic) bond motifs is 1. The van der Waals surface area contributed by atoms with Gasteiger partial charge < -0.3 is 15.0 Å². The van der Waals surface area contributed by atoms with Gasteiger partial charge in [-0.2, -0.15) is 0 Å². The molecule has 1 N–H and O–H groups in total. The van der Waals surface area contributed by atoms with Gasteiger partial charge in [-0.1, -0.05) is 6.07 Å². The molecular weight excluding hydrogens is 428 g/mol. The highest BCUT2D eigenvalue weighted by Gasteiger charge is 2.16. The van der Waals surface area contributed by atoms with E-state index in [-0.39, 0.29) is 23.8 Å². The molecule has 0 radical (unpaired) electrons. The molecule has 7 nitrogen and oxygen atoms in total. The van der Waals surface area contributed by atoms with Gasteiger partial charge in [-0.05, 0) is 42.3 Å². The summed E-state index contributed by atoms with van der Waals surface area (Å²) < 4.78 is 34.7. The number of hydrogen-bond donors (Lipinski definition) is 1. The number of halogens is 2. The molecular formula is C24H23F2N5O2. The van der Waals surface area contributed by atoms with Gasteiger partial charge in [0.15, 0.2) is 5.65 Å². The van der Waals surface area contributed by atoms with Crippen LogP contribution in [0.1, 0.15) is 21.5 Å². The number of methoxy groups -OCH3 is 1. The molecule has 9 heteroatoms. The summed E-state index contributed by atoms with van der Waals surface area (Å²) in [5.74, 6) is -0.715. The van der Waals surface area contributed by atoms with Crippen LogP contribution in [0, 0.1) is 18.6 Å². The fourth-order valence-electron chi connectivity index (χ4n) is 3.74. The topological polar surface area (TPSA) is 71.8 Å². The molecule has 1 amide bonds. The highest BCUT2D eigenvalue weighted by atomic mass is 19.1. The predicted octanol–water partition coefficient (Wildman–Crippen LogP) is 4.31. The summed E-state index contributed by atoms with van der Waals surface area (Å²) in [4.78, 5) is 13.8. The van der Waals surface area contributed by atoms with Gasteiger partial charge in [-0.25, -0.2) is 8.78 Å². The molecule has 2 aromatic carbocycles. The number of amides is 1. The van der Waals surface area contributed by atoms with Gasteiger partial charge in [0.1, 0.15) is 29.5 Å². The fourth-order valence-corrected chi connectivity index (χ4v) is 3.74. The first-order valence-electron chi connectivity index (χ1n) is 10.2. The van der Waals surface area contributed by atoms with Crippen molar-refractivity contribution < 1.29 is 18.3 Å². The molecule has 2 aromatic heterocycles. The molecule has 0 atom stereocenters. The maximum atomic E-state index is 14.3. The van der Waals surface area contributed by atoms with Crippen LogP contribution in [0.2, 0.25) is 0 Å². The van der Waals surface area contributed by atoms with Gasteiger partial charge >= 0.3 is 0 Å². The lowest BCUT2D eigenvalue weighted by Crippen LogP contribution is -2.21. The van der Waals surface area contributed by atoms with Crippen molar-refractivity contribution in [1.82, 2.24) is 19.5 Å². The van der Waals surface area contributed by atoms with Gasteiger partial charge in [-0.3, -0.25) is 9.20 Å². The molecule has 4 aromatic rings. The molecule has 0 unspecified atom stereocenters. The number of aryl methyl sites for hydroxylation is 1. The van der Waals surface area contributed by atoms with Crippen LogP contribution in [0.25, 0.3) is 16.8 Å². The first-order valence-corrected chi connectivity index (χ1v) is 10.2. The SMILES string of the molecule is COc1cc(F)cc(F)c1CNc1ccc(-c2ccc(C(=O)N(C)C)cc2C)c2nncn12. The number of aromatic nitrogens is 3.